The van der Waals surface area contributed by atoms with Crippen LogP contribution in [0.25, 0.3) is 5.82 Å². The number of aryl methyl sites for hydroxylation is 1. The first kappa shape index (κ1) is 20.6. The zero-order valence-electron chi connectivity index (χ0n) is 17.6. The van der Waals surface area contributed by atoms with Crippen molar-refractivity contribution in [2.24, 2.45) is 0 Å². The van der Waals surface area contributed by atoms with Gasteiger partial charge in [-0.05, 0) is 76.1 Å². The zero-order valence-corrected chi connectivity index (χ0v) is 17.6. The van der Waals surface area contributed by atoms with Gasteiger partial charge in [0.2, 0.25) is 0 Å². The Hall–Kier alpha value is -3.15. The van der Waals surface area contributed by atoms with Crippen LogP contribution in [0.3, 0.4) is 0 Å². The molecule has 0 aliphatic heterocycles. The summed E-state index contributed by atoms with van der Waals surface area (Å²) >= 11 is 0. The van der Waals surface area contributed by atoms with Crippen molar-refractivity contribution in [3.8, 4) is 5.82 Å². The van der Waals surface area contributed by atoms with E-state index in [1.54, 1.807) is 6.20 Å². The number of amides is 1. The third kappa shape index (κ3) is 4.65. The topological polar surface area (TPSA) is 63.1 Å². The van der Waals surface area contributed by atoms with Gasteiger partial charge >= 0.3 is 0 Å². The van der Waals surface area contributed by atoms with E-state index in [0.29, 0.717) is 12.1 Å². The summed E-state index contributed by atoms with van der Waals surface area (Å²) in [6.45, 7) is 10.8. The molecule has 0 radical (unpaired) electrons. The molecule has 0 bridgehead atoms. The summed E-state index contributed by atoms with van der Waals surface area (Å²) in [6.07, 6.45) is 2.49. The van der Waals surface area contributed by atoms with Gasteiger partial charge in [-0.25, -0.2) is 9.67 Å². The fourth-order valence-electron chi connectivity index (χ4n) is 3.55. The Kier molecular flexibility index (Phi) is 6.65. The lowest BCUT2D eigenvalue weighted by Crippen LogP contribution is -2.26. The Bertz CT molecular complexity index is 943. The molecule has 0 aliphatic rings. The average molecular weight is 392 g/mol. The van der Waals surface area contributed by atoms with E-state index >= 15 is 0 Å². The van der Waals surface area contributed by atoms with E-state index in [1.165, 1.54) is 0 Å². The molecule has 1 aromatic carbocycles. The fraction of sp³-hybridized carbons (Fsp3) is 0.348. The van der Waals surface area contributed by atoms with E-state index in [1.807, 2.05) is 61.0 Å². The Balaban J connectivity index is 1.61. The second-order valence-corrected chi connectivity index (χ2v) is 6.97. The molecule has 3 aromatic rings. The van der Waals surface area contributed by atoms with Gasteiger partial charge in [-0.2, -0.15) is 5.10 Å². The third-order valence-electron chi connectivity index (χ3n) is 5.23. The summed E-state index contributed by atoms with van der Waals surface area (Å²) in [5.74, 6) is 0.750. The number of nitrogens with zero attached hydrogens (tertiary/aromatic N) is 4. The highest BCUT2D eigenvalue weighted by molar-refractivity contribution is 5.94. The quantitative estimate of drug-likeness (QED) is 0.636. The number of nitrogens with one attached hydrogen (secondary N) is 1. The molecule has 6 heteroatoms. The second kappa shape index (κ2) is 9.37. The Morgan fingerprint density at radius 1 is 1.07 bits per heavy atom. The van der Waals surface area contributed by atoms with Crippen LogP contribution in [0.2, 0.25) is 0 Å². The van der Waals surface area contributed by atoms with Gasteiger partial charge in [-0.15, -0.1) is 0 Å². The predicted octanol–water partition coefficient (Wildman–Crippen LogP) is 3.70. The summed E-state index contributed by atoms with van der Waals surface area (Å²) in [6, 6.07) is 13.6. The number of pyridine rings is 1. The molecule has 0 unspecified atom stereocenters. The normalized spacial score (nSPS) is 10.8. The van der Waals surface area contributed by atoms with Gasteiger partial charge in [0.25, 0.3) is 5.91 Å². The van der Waals surface area contributed by atoms with Crippen molar-refractivity contribution >= 4 is 11.6 Å². The molecular formula is C23H29N5O. The maximum absolute atomic E-state index is 12.5. The fourth-order valence-corrected chi connectivity index (χ4v) is 3.55. The average Bonchev–Trinajstić information content (AvgIpc) is 3.04. The number of carbonyl (C=O) groups is 1. The third-order valence-corrected chi connectivity index (χ3v) is 5.23. The van der Waals surface area contributed by atoms with Crippen molar-refractivity contribution in [3.63, 3.8) is 0 Å². The molecular weight excluding hydrogens is 362 g/mol. The molecule has 1 amide bonds. The molecule has 152 valence electrons. The van der Waals surface area contributed by atoms with Crippen LogP contribution in [0.15, 0.2) is 48.7 Å². The Labute approximate surface area is 172 Å². The minimum atomic E-state index is -0.0523. The van der Waals surface area contributed by atoms with Crippen molar-refractivity contribution in [2.45, 2.75) is 34.1 Å². The minimum Gasteiger partial charge on any atom is -0.372 e. The Morgan fingerprint density at radius 2 is 1.79 bits per heavy atom. The lowest BCUT2D eigenvalue weighted by atomic mass is 10.1. The smallest absolute Gasteiger partial charge is 0.251 e. The van der Waals surface area contributed by atoms with Crippen LogP contribution in [0.5, 0.6) is 0 Å². The van der Waals surface area contributed by atoms with Crippen LogP contribution in [-0.4, -0.2) is 40.3 Å². The molecule has 1 N–H and O–H groups in total. The molecule has 0 spiro atoms. The van der Waals surface area contributed by atoms with E-state index in [2.05, 4.69) is 34.1 Å². The van der Waals surface area contributed by atoms with Gasteiger partial charge in [0.1, 0.15) is 0 Å². The number of carbonyl (C=O) groups excluding carboxylic acids is 1. The van der Waals surface area contributed by atoms with Crippen molar-refractivity contribution in [3.05, 3.63) is 71.2 Å². The Morgan fingerprint density at radius 3 is 2.41 bits per heavy atom. The first-order chi connectivity index (χ1) is 14.0. The highest BCUT2D eigenvalue weighted by Crippen LogP contribution is 2.17. The lowest BCUT2D eigenvalue weighted by molar-refractivity contribution is 0.0954. The van der Waals surface area contributed by atoms with Crippen LogP contribution in [0.4, 0.5) is 5.69 Å². The van der Waals surface area contributed by atoms with E-state index in [0.717, 1.165) is 48.0 Å². The van der Waals surface area contributed by atoms with Crippen molar-refractivity contribution < 1.29 is 4.79 Å². The molecule has 0 fully saturated rings. The van der Waals surface area contributed by atoms with Crippen molar-refractivity contribution in [1.29, 1.82) is 0 Å². The largest absolute Gasteiger partial charge is 0.372 e. The van der Waals surface area contributed by atoms with E-state index in [4.69, 9.17) is 0 Å². The zero-order chi connectivity index (χ0) is 20.8. The van der Waals surface area contributed by atoms with E-state index in [-0.39, 0.29) is 5.91 Å². The maximum Gasteiger partial charge on any atom is 0.251 e. The van der Waals surface area contributed by atoms with Gasteiger partial charge in [-0.3, -0.25) is 4.79 Å². The van der Waals surface area contributed by atoms with Gasteiger partial charge in [0.15, 0.2) is 5.82 Å². The number of hydrogen-bond donors (Lipinski definition) is 1. The molecule has 6 nitrogen and oxygen atoms in total. The van der Waals surface area contributed by atoms with Gasteiger partial charge in [0, 0.05) is 42.8 Å². The minimum absolute atomic E-state index is 0.0523. The summed E-state index contributed by atoms with van der Waals surface area (Å²) < 4.78 is 1.86. The lowest BCUT2D eigenvalue weighted by Gasteiger charge is -2.21. The van der Waals surface area contributed by atoms with Gasteiger partial charge in [-0.1, -0.05) is 6.07 Å². The first-order valence-electron chi connectivity index (χ1n) is 10.1. The van der Waals surface area contributed by atoms with Crippen molar-refractivity contribution in [2.75, 3.05) is 24.5 Å². The number of rotatable bonds is 8. The molecule has 0 saturated heterocycles. The SMILES string of the molecule is CCN(CC)c1ccc(C(=O)NCCc2c(C)nn(-c3ccccn3)c2C)cc1. The first-order valence-corrected chi connectivity index (χ1v) is 10.1. The molecule has 2 heterocycles. The molecule has 0 aliphatic carbocycles. The van der Waals surface area contributed by atoms with Crippen molar-refractivity contribution in [1.82, 2.24) is 20.1 Å². The summed E-state index contributed by atoms with van der Waals surface area (Å²) in [5, 5.41) is 7.64. The van der Waals surface area contributed by atoms with Gasteiger partial charge in [0.05, 0.1) is 5.69 Å². The predicted molar refractivity (Wildman–Crippen MR) is 117 cm³/mol. The monoisotopic (exact) mass is 391 g/mol. The molecule has 0 atom stereocenters. The number of benzene rings is 1. The number of hydrogen-bond acceptors (Lipinski definition) is 4. The van der Waals surface area contributed by atoms with Crippen LogP contribution in [0, 0.1) is 13.8 Å². The van der Waals surface area contributed by atoms with Crippen LogP contribution in [0.1, 0.15) is 41.2 Å². The van der Waals surface area contributed by atoms with Gasteiger partial charge < -0.3 is 10.2 Å². The standard InChI is InChI=1S/C23H29N5O/c1-5-27(6-2)20-12-10-19(11-13-20)23(29)25-16-14-21-17(3)26-28(18(21)4)22-9-7-8-15-24-22/h7-13,15H,5-6,14,16H2,1-4H3,(H,25,29). The number of anilines is 1. The highest BCUT2D eigenvalue weighted by atomic mass is 16.1. The molecule has 3 rings (SSSR count). The number of aromatic nitrogens is 3. The maximum atomic E-state index is 12.5. The summed E-state index contributed by atoms with van der Waals surface area (Å²) in [7, 11) is 0. The van der Waals surface area contributed by atoms with E-state index < -0.39 is 0 Å². The van der Waals surface area contributed by atoms with E-state index in [9.17, 15) is 4.79 Å². The molecule has 0 saturated carbocycles. The molecule has 29 heavy (non-hydrogen) atoms. The second-order valence-electron chi connectivity index (χ2n) is 6.97. The van der Waals surface area contributed by atoms with Crippen LogP contribution in [-0.2, 0) is 6.42 Å². The highest BCUT2D eigenvalue weighted by Gasteiger charge is 2.14. The molecule has 2 aromatic heterocycles. The summed E-state index contributed by atoms with van der Waals surface area (Å²) in [4.78, 5) is 19.1. The van der Waals surface area contributed by atoms with Crippen LogP contribution < -0.4 is 10.2 Å². The van der Waals surface area contributed by atoms with Crippen LogP contribution >= 0.6 is 0 Å². The summed E-state index contributed by atoms with van der Waals surface area (Å²) in [5.41, 5.74) is 4.98.